The molecule has 2 aliphatic rings. The zero-order valence-electron chi connectivity index (χ0n) is 11.5. The summed E-state index contributed by atoms with van der Waals surface area (Å²) >= 11 is 3.26. The van der Waals surface area contributed by atoms with Crippen LogP contribution in [0.2, 0.25) is 0 Å². The SMILES string of the molecule is OC(CC1CC2CCC1C2)c1cc(C(F)(F)F)ccc1Br. The van der Waals surface area contributed by atoms with Crippen molar-refractivity contribution < 1.29 is 18.3 Å². The second-order valence-corrected chi connectivity index (χ2v) is 7.27. The molecule has 0 saturated heterocycles. The Hall–Kier alpha value is -0.550. The maximum atomic E-state index is 12.8. The molecule has 2 fully saturated rings. The molecule has 0 aliphatic heterocycles. The molecule has 4 atom stereocenters. The first-order valence-corrected chi connectivity index (χ1v) is 8.18. The number of fused-ring (bicyclic) bond motifs is 2. The number of alkyl halides is 3. The highest BCUT2D eigenvalue weighted by Gasteiger charge is 2.40. The Labute approximate surface area is 130 Å². The van der Waals surface area contributed by atoms with Crippen molar-refractivity contribution in [1.29, 1.82) is 0 Å². The van der Waals surface area contributed by atoms with E-state index in [1.54, 1.807) is 0 Å². The Balaban J connectivity index is 1.76. The van der Waals surface area contributed by atoms with Crippen LogP contribution in [-0.4, -0.2) is 5.11 Å². The van der Waals surface area contributed by atoms with Crippen LogP contribution in [0.15, 0.2) is 22.7 Å². The third kappa shape index (κ3) is 3.14. The maximum Gasteiger partial charge on any atom is 0.416 e. The molecule has 0 aromatic heterocycles. The summed E-state index contributed by atoms with van der Waals surface area (Å²) in [5, 5.41) is 10.4. The number of aliphatic hydroxyl groups excluding tert-OH is 1. The number of rotatable bonds is 3. The third-order valence-electron chi connectivity index (χ3n) is 5.09. The Bertz CT molecular complexity index is 529. The lowest BCUT2D eigenvalue weighted by Gasteiger charge is -2.25. The summed E-state index contributed by atoms with van der Waals surface area (Å²) in [5.74, 6) is 1.89. The maximum absolute atomic E-state index is 12.8. The molecule has 1 N–H and O–H groups in total. The lowest BCUT2D eigenvalue weighted by atomic mass is 9.83. The predicted molar refractivity (Wildman–Crippen MR) is 77.7 cm³/mol. The van der Waals surface area contributed by atoms with Crippen LogP contribution in [-0.2, 0) is 6.18 Å². The van der Waals surface area contributed by atoms with Gasteiger partial charge in [-0.05, 0) is 67.2 Å². The van der Waals surface area contributed by atoms with Crippen molar-refractivity contribution in [2.45, 2.75) is 44.4 Å². The Morgan fingerprint density at radius 3 is 2.57 bits per heavy atom. The largest absolute Gasteiger partial charge is 0.416 e. The van der Waals surface area contributed by atoms with E-state index >= 15 is 0 Å². The predicted octanol–water partition coefficient (Wildman–Crippen LogP) is 5.33. The van der Waals surface area contributed by atoms with E-state index < -0.39 is 17.8 Å². The molecule has 3 rings (SSSR count). The fourth-order valence-electron chi connectivity index (χ4n) is 4.05. The first kappa shape index (κ1) is 15.3. The van der Waals surface area contributed by atoms with Gasteiger partial charge in [-0.3, -0.25) is 0 Å². The van der Waals surface area contributed by atoms with Crippen LogP contribution in [0.5, 0.6) is 0 Å². The Kier molecular flexibility index (Phi) is 4.08. The first-order valence-electron chi connectivity index (χ1n) is 7.39. The number of benzene rings is 1. The molecule has 0 spiro atoms. The van der Waals surface area contributed by atoms with Crippen molar-refractivity contribution in [3.05, 3.63) is 33.8 Å². The average molecular weight is 363 g/mol. The van der Waals surface area contributed by atoms with Gasteiger partial charge in [0.15, 0.2) is 0 Å². The number of aliphatic hydroxyl groups is 1. The molecule has 0 radical (unpaired) electrons. The Morgan fingerprint density at radius 1 is 1.24 bits per heavy atom. The first-order chi connectivity index (χ1) is 9.84. The summed E-state index contributed by atoms with van der Waals surface area (Å²) in [6.45, 7) is 0. The van der Waals surface area contributed by atoms with E-state index in [0.717, 1.165) is 24.5 Å². The quantitative estimate of drug-likeness (QED) is 0.770. The molecule has 1 aromatic carbocycles. The second kappa shape index (κ2) is 5.58. The second-order valence-electron chi connectivity index (χ2n) is 6.42. The van der Waals surface area contributed by atoms with Gasteiger partial charge < -0.3 is 5.11 Å². The van der Waals surface area contributed by atoms with Crippen LogP contribution in [0.4, 0.5) is 13.2 Å². The zero-order valence-corrected chi connectivity index (χ0v) is 13.1. The summed E-state index contributed by atoms with van der Waals surface area (Å²) in [4.78, 5) is 0. The van der Waals surface area contributed by atoms with Crippen molar-refractivity contribution in [1.82, 2.24) is 0 Å². The van der Waals surface area contributed by atoms with Gasteiger partial charge in [0.05, 0.1) is 11.7 Å². The molecule has 2 bridgehead atoms. The van der Waals surface area contributed by atoms with Gasteiger partial charge in [-0.1, -0.05) is 22.4 Å². The molecule has 116 valence electrons. The molecule has 1 aromatic rings. The fraction of sp³-hybridized carbons (Fsp3) is 0.625. The van der Waals surface area contributed by atoms with Crippen molar-refractivity contribution in [2.75, 3.05) is 0 Å². The number of hydrogen-bond donors (Lipinski definition) is 1. The summed E-state index contributed by atoms with van der Waals surface area (Å²) in [5.41, 5.74) is -0.347. The molecule has 5 heteroatoms. The van der Waals surface area contributed by atoms with Crippen molar-refractivity contribution in [2.24, 2.45) is 17.8 Å². The highest BCUT2D eigenvalue weighted by atomic mass is 79.9. The minimum Gasteiger partial charge on any atom is -0.388 e. The third-order valence-corrected chi connectivity index (χ3v) is 5.82. The minimum atomic E-state index is -4.37. The van der Waals surface area contributed by atoms with E-state index in [0.29, 0.717) is 28.3 Å². The van der Waals surface area contributed by atoms with Crippen molar-refractivity contribution in [3.8, 4) is 0 Å². The highest BCUT2D eigenvalue weighted by Crippen LogP contribution is 2.51. The normalized spacial score (nSPS) is 29.9. The molecule has 0 amide bonds. The minimum absolute atomic E-state index is 0.354. The molecule has 2 saturated carbocycles. The summed E-state index contributed by atoms with van der Waals surface area (Å²) in [7, 11) is 0. The lowest BCUT2D eigenvalue weighted by molar-refractivity contribution is -0.137. The van der Waals surface area contributed by atoms with Crippen LogP contribution in [0.3, 0.4) is 0 Å². The molecular formula is C16H18BrF3O. The van der Waals surface area contributed by atoms with E-state index in [2.05, 4.69) is 15.9 Å². The summed E-state index contributed by atoms with van der Waals surface area (Å²) in [6, 6.07) is 3.49. The average Bonchev–Trinajstić information content (AvgIpc) is 2.99. The van der Waals surface area contributed by atoms with E-state index in [1.165, 1.54) is 25.3 Å². The van der Waals surface area contributed by atoms with E-state index in [-0.39, 0.29) is 0 Å². The Morgan fingerprint density at radius 2 is 2.00 bits per heavy atom. The van der Waals surface area contributed by atoms with Gasteiger partial charge in [0.1, 0.15) is 0 Å². The van der Waals surface area contributed by atoms with Gasteiger partial charge in [0.25, 0.3) is 0 Å². The smallest absolute Gasteiger partial charge is 0.388 e. The van der Waals surface area contributed by atoms with Crippen LogP contribution in [0, 0.1) is 17.8 Å². The molecule has 1 nitrogen and oxygen atoms in total. The van der Waals surface area contributed by atoms with E-state index in [1.807, 2.05) is 0 Å². The van der Waals surface area contributed by atoms with Gasteiger partial charge in [-0.15, -0.1) is 0 Å². The monoisotopic (exact) mass is 362 g/mol. The van der Waals surface area contributed by atoms with Gasteiger partial charge in [0.2, 0.25) is 0 Å². The topological polar surface area (TPSA) is 20.2 Å². The van der Waals surface area contributed by atoms with E-state index in [9.17, 15) is 18.3 Å². The molecule has 4 unspecified atom stereocenters. The summed E-state index contributed by atoms with van der Waals surface area (Å²) in [6.07, 6.45) is 0.226. The van der Waals surface area contributed by atoms with Gasteiger partial charge in [-0.25, -0.2) is 0 Å². The van der Waals surface area contributed by atoms with Gasteiger partial charge in [0, 0.05) is 4.47 Å². The van der Waals surface area contributed by atoms with Crippen molar-refractivity contribution >= 4 is 15.9 Å². The van der Waals surface area contributed by atoms with Gasteiger partial charge in [-0.2, -0.15) is 13.2 Å². The molecule has 0 heterocycles. The molecular weight excluding hydrogens is 345 g/mol. The van der Waals surface area contributed by atoms with Crippen LogP contribution >= 0.6 is 15.9 Å². The standard InChI is InChI=1S/C16H18BrF3O/c17-14-4-3-12(16(18,19)20)8-13(14)15(21)7-11-6-9-1-2-10(11)5-9/h3-4,8-11,15,21H,1-2,5-7H2. The van der Waals surface area contributed by atoms with Gasteiger partial charge >= 0.3 is 6.18 Å². The van der Waals surface area contributed by atoms with Crippen LogP contribution in [0.25, 0.3) is 0 Å². The van der Waals surface area contributed by atoms with Crippen LogP contribution in [0.1, 0.15) is 49.3 Å². The summed E-state index contributed by atoms with van der Waals surface area (Å²) < 4.78 is 38.9. The van der Waals surface area contributed by atoms with Crippen molar-refractivity contribution in [3.63, 3.8) is 0 Å². The molecule has 21 heavy (non-hydrogen) atoms. The molecule has 2 aliphatic carbocycles. The lowest BCUT2D eigenvalue weighted by Crippen LogP contribution is -2.15. The zero-order chi connectivity index (χ0) is 15.2. The number of hydrogen-bond acceptors (Lipinski definition) is 1. The number of halogens is 4. The van der Waals surface area contributed by atoms with E-state index in [4.69, 9.17) is 0 Å². The highest BCUT2D eigenvalue weighted by molar-refractivity contribution is 9.10. The van der Waals surface area contributed by atoms with Crippen LogP contribution < -0.4 is 0 Å². The fourth-order valence-corrected chi connectivity index (χ4v) is 4.57.